The molecule has 0 amide bonds. The van der Waals surface area contributed by atoms with E-state index < -0.39 is 34.4 Å². The molecule has 0 fully saturated rings. The van der Waals surface area contributed by atoms with Crippen molar-refractivity contribution < 1.29 is 43.9 Å². The molecule has 0 saturated heterocycles. The topological polar surface area (TPSA) is 0 Å². The first-order chi connectivity index (χ1) is 12.2. The van der Waals surface area contributed by atoms with Crippen molar-refractivity contribution >= 4 is 94.4 Å². The zero-order valence-corrected chi connectivity index (χ0v) is 20.5. The second kappa shape index (κ2) is 23.3. The van der Waals surface area contributed by atoms with Crippen molar-refractivity contribution in [3.63, 3.8) is 0 Å². The van der Waals surface area contributed by atoms with Crippen LogP contribution in [0.2, 0.25) is 0 Å². The maximum atomic E-state index is 11.5. The summed E-state index contributed by atoms with van der Waals surface area (Å²) in [6, 6.07) is 0. The van der Waals surface area contributed by atoms with Crippen molar-refractivity contribution in [3.8, 4) is 0 Å². The number of halogens is 18. The van der Waals surface area contributed by atoms with Gasteiger partial charge in [-0.25, -0.2) is 17.6 Å². The van der Waals surface area contributed by atoms with Crippen LogP contribution < -0.4 is 0 Å². The summed E-state index contributed by atoms with van der Waals surface area (Å²) in [4.78, 5) is 0. The van der Waals surface area contributed by atoms with Crippen molar-refractivity contribution in [1.29, 1.82) is 0 Å². The van der Waals surface area contributed by atoms with E-state index in [9.17, 15) is 43.9 Å². The highest BCUT2D eigenvalue weighted by Gasteiger charge is 2.43. The summed E-state index contributed by atoms with van der Waals surface area (Å²) in [6.45, 7) is 2.95. The smallest absolute Gasteiger partial charge is 0.228 e. The fraction of sp³-hybridized carbons (Fsp3) is 0.667. The van der Waals surface area contributed by atoms with Crippen molar-refractivity contribution in [1.82, 2.24) is 0 Å². The molecule has 4 atom stereocenters. The Morgan fingerprint density at radius 3 is 0.767 bits per heavy atom. The van der Waals surface area contributed by atoms with Gasteiger partial charge in [0, 0.05) is 10.1 Å². The summed E-state index contributed by atoms with van der Waals surface area (Å²) < 4.78 is 112. The zero-order chi connectivity index (χ0) is 23.9. The molecule has 0 bridgehead atoms. The summed E-state index contributed by atoms with van der Waals surface area (Å²) in [6.07, 6.45) is -8.82. The first kappa shape index (κ1) is 44.7. The molecule has 0 aliphatic heterocycles. The van der Waals surface area contributed by atoms with Gasteiger partial charge in [0.2, 0.25) is 0 Å². The highest BCUT2D eigenvalue weighted by atomic mass is 35.5. The molecule has 0 aliphatic rings. The minimum atomic E-state index is -4.76. The fourth-order valence-corrected chi connectivity index (χ4v) is 0.571. The number of rotatable bonds is 2. The van der Waals surface area contributed by atoms with Crippen LogP contribution in [0.25, 0.3) is 0 Å². The molecule has 0 aliphatic carbocycles. The summed E-state index contributed by atoms with van der Waals surface area (Å²) in [7, 11) is 0. The van der Waals surface area contributed by atoms with Gasteiger partial charge in [0.25, 0.3) is 0 Å². The molecule has 0 spiro atoms. The van der Waals surface area contributed by atoms with E-state index in [-0.39, 0.29) is 34.9 Å². The van der Waals surface area contributed by atoms with E-state index in [0.717, 1.165) is 0 Å². The number of hydrogen-bond acceptors (Lipinski definition) is 0. The Morgan fingerprint density at radius 2 is 0.767 bits per heavy atom. The van der Waals surface area contributed by atoms with Gasteiger partial charge in [-0.1, -0.05) is 46.4 Å². The lowest BCUT2D eigenvalue weighted by Crippen LogP contribution is -2.29. The van der Waals surface area contributed by atoms with E-state index in [2.05, 4.69) is 46.4 Å². The highest BCUT2D eigenvalue weighted by Crippen LogP contribution is 2.30. The predicted octanol–water partition coefficient (Wildman–Crippen LogP) is 10.3. The molecule has 30 heavy (non-hydrogen) atoms. The van der Waals surface area contributed by atoms with E-state index >= 15 is 0 Å². The molecule has 0 aromatic rings. The average Bonchev–Trinajstić information content (AvgIpc) is 2.52. The molecule has 18 heteroatoms. The Balaban J connectivity index is -0.0000000649. The predicted molar refractivity (Wildman–Crippen MR) is 109 cm³/mol. The van der Waals surface area contributed by atoms with E-state index in [1.165, 1.54) is 13.8 Å². The van der Waals surface area contributed by atoms with Gasteiger partial charge in [-0.3, -0.25) is 0 Å². The first-order valence-corrected chi connectivity index (χ1v) is 8.58. The Bertz CT molecular complexity index is 390. The third-order valence-electron chi connectivity index (χ3n) is 1.37. The Kier molecular flexibility index (Phi) is 34.7. The minimum Gasteiger partial charge on any atom is -0.228 e. The van der Waals surface area contributed by atoms with Crippen molar-refractivity contribution in [2.75, 3.05) is 0 Å². The summed E-state index contributed by atoms with van der Waals surface area (Å²) in [5.74, 6) is 0. The fourth-order valence-electron chi connectivity index (χ4n) is 0.286. The van der Waals surface area contributed by atoms with Crippen LogP contribution in [-0.2, 0) is 0 Å². The third-order valence-corrected chi connectivity index (χ3v) is 3.23. The summed E-state index contributed by atoms with van der Waals surface area (Å²) in [5.41, 5.74) is -5.15. The van der Waals surface area contributed by atoms with Gasteiger partial charge in [-0.2, -0.15) is 26.3 Å². The highest BCUT2D eigenvalue weighted by molar-refractivity contribution is 6.30. The summed E-state index contributed by atoms with van der Waals surface area (Å²) >= 11 is 27.6. The largest absolute Gasteiger partial charge is 0.409 e. The van der Waals surface area contributed by atoms with Gasteiger partial charge in [0.05, 0.1) is 0 Å². The molecule has 0 aromatic carbocycles. The summed E-state index contributed by atoms with van der Waals surface area (Å²) in [5, 5.41) is -4.85. The van der Waals surface area contributed by atoms with Crippen LogP contribution in [0.1, 0.15) is 13.8 Å². The SMILES string of the molecule is C/C(Cl)=C/F.C/C(Cl)=C\F.Cl.Cl.FC(Cl)C(Cl)C(F)(F)F.FC(Cl)C(Cl)C(F)(F)F. The van der Waals surface area contributed by atoms with Crippen LogP contribution in [0, 0.1) is 0 Å². The Hall–Kier alpha value is 1.10. The van der Waals surface area contributed by atoms with E-state index in [1.54, 1.807) is 0 Å². The molecule has 188 valence electrons. The first-order valence-electron chi connectivity index (χ1n) is 6.08. The number of allylic oxidation sites excluding steroid dienone is 2. The molecule has 0 aromatic heterocycles. The normalized spacial score (nSPS) is 15.7. The molecular weight excluding hydrogens is 618 g/mol. The Morgan fingerprint density at radius 1 is 0.633 bits per heavy atom. The van der Waals surface area contributed by atoms with Gasteiger partial charge in [-0.15, -0.1) is 48.0 Å². The lowest BCUT2D eigenvalue weighted by molar-refractivity contribution is -0.137. The zero-order valence-electron chi connectivity index (χ0n) is 14.3. The quantitative estimate of drug-likeness (QED) is 0.210. The standard InChI is InChI=1S/2C3H2Cl2F4.2C3H4ClF.2ClH/c2*4-1(2(5)6)3(7,8)9;2*1-3(4)2-5;;/h2*1-2H;2*2H,1H3;2*1H/b;;3-2+;3-2-;;. The second-order valence-corrected chi connectivity index (χ2v) is 6.91. The van der Waals surface area contributed by atoms with Crippen LogP contribution in [0.3, 0.4) is 0 Å². The molecule has 0 N–H and O–H groups in total. The van der Waals surface area contributed by atoms with Gasteiger partial charge in [0.1, 0.15) is 12.7 Å². The van der Waals surface area contributed by atoms with Gasteiger partial charge in [0.15, 0.2) is 22.0 Å². The van der Waals surface area contributed by atoms with Crippen LogP contribution in [0.4, 0.5) is 43.9 Å². The lowest BCUT2D eigenvalue weighted by Gasteiger charge is -2.11. The Labute approximate surface area is 208 Å². The molecule has 0 nitrogen and oxygen atoms in total. The maximum absolute atomic E-state index is 11.5. The van der Waals surface area contributed by atoms with Crippen molar-refractivity contribution in [2.24, 2.45) is 0 Å². The van der Waals surface area contributed by atoms with Crippen molar-refractivity contribution in [2.45, 2.75) is 48.2 Å². The lowest BCUT2D eigenvalue weighted by atomic mass is 10.4. The maximum Gasteiger partial charge on any atom is 0.409 e. The molecule has 0 radical (unpaired) electrons. The van der Waals surface area contributed by atoms with E-state index in [4.69, 9.17) is 23.2 Å². The van der Waals surface area contributed by atoms with Crippen LogP contribution >= 0.6 is 94.4 Å². The molecule has 0 heterocycles. The van der Waals surface area contributed by atoms with Gasteiger partial charge >= 0.3 is 12.4 Å². The second-order valence-electron chi connectivity index (χ2n) is 3.95. The number of alkyl halides is 12. The van der Waals surface area contributed by atoms with Gasteiger partial charge < -0.3 is 0 Å². The van der Waals surface area contributed by atoms with Gasteiger partial charge in [-0.05, 0) is 13.8 Å². The van der Waals surface area contributed by atoms with E-state index in [1.807, 2.05) is 0 Å². The van der Waals surface area contributed by atoms with E-state index in [0.29, 0.717) is 12.7 Å². The minimum absolute atomic E-state index is 0. The third kappa shape index (κ3) is 36.5. The number of hydrogen-bond donors (Lipinski definition) is 0. The molecule has 0 saturated carbocycles. The average molecular weight is 632 g/mol. The molecular formula is C12H14Cl8F10. The monoisotopic (exact) mass is 628 g/mol. The van der Waals surface area contributed by atoms with Crippen molar-refractivity contribution in [3.05, 3.63) is 22.7 Å². The molecule has 0 rings (SSSR count). The van der Waals surface area contributed by atoms with Crippen LogP contribution in [0.5, 0.6) is 0 Å². The van der Waals surface area contributed by atoms with Crippen LogP contribution in [-0.4, -0.2) is 34.4 Å². The molecule has 4 unspecified atom stereocenters. The van der Waals surface area contributed by atoms with Crippen LogP contribution in [0.15, 0.2) is 22.7 Å².